The van der Waals surface area contributed by atoms with Gasteiger partial charge in [-0.1, -0.05) is 39.7 Å². The van der Waals surface area contributed by atoms with E-state index in [0.29, 0.717) is 18.2 Å². The molecule has 0 atom stereocenters. The Morgan fingerprint density at radius 3 is 2.82 bits per heavy atom. The second-order valence-corrected chi connectivity index (χ2v) is 6.28. The van der Waals surface area contributed by atoms with E-state index in [0.717, 1.165) is 34.3 Å². The summed E-state index contributed by atoms with van der Waals surface area (Å²) in [6.07, 6.45) is 0.743. The van der Waals surface area contributed by atoms with Crippen molar-refractivity contribution in [3.8, 4) is 5.75 Å². The fourth-order valence-corrected chi connectivity index (χ4v) is 2.66. The molecule has 3 nitrogen and oxygen atoms in total. The van der Waals surface area contributed by atoms with Gasteiger partial charge in [-0.05, 0) is 48.9 Å². The number of nitrogens with one attached hydrogen (secondary N) is 1. The number of aliphatic hydroxyl groups excluding tert-OH is 1. The summed E-state index contributed by atoms with van der Waals surface area (Å²) in [5.41, 5.74) is 2.11. The fourth-order valence-electron chi connectivity index (χ4n) is 2.04. The largest absolute Gasteiger partial charge is 0.489 e. The van der Waals surface area contributed by atoms with Crippen LogP contribution in [0.15, 0.2) is 46.9 Å². The summed E-state index contributed by atoms with van der Waals surface area (Å²) >= 11 is 9.47. The molecule has 0 saturated carbocycles. The van der Waals surface area contributed by atoms with Crippen molar-refractivity contribution in [1.82, 2.24) is 5.32 Å². The molecular formula is C17H19BrClNO2. The van der Waals surface area contributed by atoms with Crippen LogP contribution in [0.2, 0.25) is 5.02 Å². The lowest BCUT2D eigenvalue weighted by Crippen LogP contribution is -2.16. The zero-order valence-electron chi connectivity index (χ0n) is 12.2. The molecule has 0 saturated heterocycles. The molecule has 2 aromatic rings. The van der Waals surface area contributed by atoms with Gasteiger partial charge in [0.25, 0.3) is 0 Å². The molecule has 0 radical (unpaired) electrons. The van der Waals surface area contributed by atoms with Crippen molar-refractivity contribution >= 4 is 27.5 Å². The topological polar surface area (TPSA) is 41.5 Å². The van der Waals surface area contributed by atoms with Crippen LogP contribution in [0.1, 0.15) is 17.5 Å². The summed E-state index contributed by atoms with van der Waals surface area (Å²) in [5, 5.41) is 12.8. The summed E-state index contributed by atoms with van der Waals surface area (Å²) in [5.74, 6) is 0.847. The van der Waals surface area contributed by atoms with Crippen LogP contribution in [0.25, 0.3) is 0 Å². The maximum atomic E-state index is 8.81. The van der Waals surface area contributed by atoms with E-state index in [4.69, 9.17) is 21.4 Å². The van der Waals surface area contributed by atoms with Crippen molar-refractivity contribution in [3.63, 3.8) is 0 Å². The molecule has 0 aliphatic carbocycles. The summed E-state index contributed by atoms with van der Waals surface area (Å²) in [7, 11) is 0. The summed E-state index contributed by atoms with van der Waals surface area (Å²) in [6, 6.07) is 13.6. The standard InChI is InChI=1S/C17H19BrClNO2/c18-15-5-6-17(14(10-15)11-20-7-2-8-21)22-12-13-3-1-4-16(19)9-13/h1,3-6,9-10,20-21H,2,7-8,11-12H2. The van der Waals surface area contributed by atoms with E-state index in [9.17, 15) is 0 Å². The van der Waals surface area contributed by atoms with Gasteiger partial charge in [-0.25, -0.2) is 0 Å². The fraction of sp³-hybridized carbons (Fsp3) is 0.294. The Balaban J connectivity index is 1.99. The van der Waals surface area contributed by atoms with Crippen LogP contribution in [0.3, 0.4) is 0 Å². The first kappa shape index (κ1) is 17.3. The molecule has 2 N–H and O–H groups in total. The number of hydrogen-bond donors (Lipinski definition) is 2. The molecule has 2 aromatic carbocycles. The van der Waals surface area contributed by atoms with Gasteiger partial charge in [-0.2, -0.15) is 0 Å². The van der Waals surface area contributed by atoms with E-state index in [2.05, 4.69) is 21.2 Å². The molecule has 5 heteroatoms. The van der Waals surface area contributed by atoms with Gasteiger partial charge in [0.15, 0.2) is 0 Å². The van der Waals surface area contributed by atoms with Crippen LogP contribution in [0.4, 0.5) is 0 Å². The monoisotopic (exact) mass is 383 g/mol. The SMILES string of the molecule is OCCCNCc1cc(Br)ccc1OCc1cccc(Cl)c1. The van der Waals surface area contributed by atoms with Crippen LogP contribution >= 0.6 is 27.5 Å². The zero-order valence-corrected chi connectivity index (χ0v) is 14.5. The highest BCUT2D eigenvalue weighted by molar-refractivity contribution is 9.10. The third-order valence-corrected chi connectivity index (χ3v) is 3.86. The summed E-state index contributed by atoms with van der Waals surface area (Å²) < 4.78 is 6.94. The Bertz CT molecular complexity index is 607. The highest BCUT2D eigenvalue weighted by Crippen LogP contribution is 2.24. The molecule has 22 heavy (non-hydrogen) atoms. The van der Waals surface area contributed by atoms with Gasteiger partial charge in [0, 0.05) is 28.2 Å². The van der Waals surface area contributed by atoms with Crippen molar-refractivity contribution < 1.29 is 9.84 Å². The molecule has 0 fully saturated rings. The van der Waals surface area contributed by atoms with Gasteiger partial charge >= 0.3 is 0 Å². The number of hydrogen-bond acceptors (Lipinski definition) is 3. The van der Waals surface area contributed by atoms with Gasteiger partial charge in [0.2, 0.25) is 0 Å². The number of aliphatic hydroxyl groups is 1. The van der Waals surface area contributed by atoms with Gasteiger partial charge in [0.1, 0.15) is 12.4 Å². The lowest BCUT2D eigenvalue weighted by molar-refractivity contribution is 0.285. The highest BCUT2D eigenvalue weighted by atomic mass is 79.9. The Morgan fingerprint density at radius 2 is 2.05 bits per heavy atom. The van der Waals surface area contributed by atoms with E-state index < -0.39 is 0 Å². The third-order valence-electron chi connectivity index (χ3n) is 3.13. The van der Waals surface area contributed by atoms with Gasteiger partial charge in [0.05, 0.1) is 0 Å². The predicted molar refractivity (Wildman–Crippen MR) is 93.3 cm³/mol. The van der Waals surface area contributed by atoms with Crippen LogP contribution in [0.5, 0.6) is 5.75 Å². The maximum absolute atomic E-state index is 8.81. The first-order valence-corrected chi connectivity index (χ1v) is 8.33. The van der Waals surface area contributed by atoms with Crippen LogP contribution in [-0.4, -0.2) is 18.3 Å². The molecule has 0 amide bonds. The Morgan fingerprint density at radius 1 is 1.18 bits per heavy atom. The zero-order chi connectivity index (χ0) is 15.8. The second-order valence-electron chi connectivity index (χ2n) is 4.92. The van der Waals surface area contributed by atoms with Crippen LogP contribution in [0, 0.1) is 0 Å². The van der Waals surface area contributed by atoms with Gasteiger partial charge in [-0.15, -0.1) is 0 Å². The average Bonchev–Trinajstić information content (AvgIpc) is 2.51. The Labute approximate surface area is 144 Å². The molecule has 2 rings (SSSR count). The smallest absolute Gasteiger partial charge is 0.124 e. The molecule has 0 unspecified atom stereocenters. The first-order chi connectivity index (χ1) is 10.7. The number of halogens is 2. The van der Waals surface area contributed by atoms with E-state index in [1.165, 1.54) is 0 Å². The van der Waals surface area contributed by atoms with Crippen molar-refractivity contribution in [2.24, 2.45) is 0 Å². The van der Waals surface area contributed by atoms with Crippen molar-refractivity contribution in [2.75, 3.05) is 13.2 Å². The molecule has 0 aliphatic rings. The molecule has 0 aliphatic heterocycles. The summed E-state index contributed by atoms with van der Waals surface area (Å²) in [4.78, 5) is 0. The van der Waals surface area contributed by atoms with Crippen molar-refractivity contribution in [2.45, 2.75) is 19.6 Å². The second kappa shape index (κ2) is 9.16. The Hall–Kier alpha value is -1.07. The van der Waals surface area contributed by atoms with E-state index in [1.807, 2.05) is 42.5 Å². The van der Waals surface area contributed by atoms with Crippen LogP contribution in [-0.2, 0) is 13.2 Å². The minimum absolute atomic E-state index is 0.198. The minimum atomic E-state index is 0.198. The first-order valence-electron chi connectivity index (χ1n) is 7.16. The number of benzene rings is 2. The molecule has 0 bridgehead atoms. The lowest BCUT2D eigenvalue weighted by atomic mass is 10.2. The van der Waals surface area contributed by atoms with Crippen LogP contribution < -0.4 is 10.1 Å². The number of rotatable bonds is 8. The number of ether oxygens (including phenoxy) is 1. The van der Waals surface area contributed by atoms with Crippen molar-refractivity contribution in [1.29, 1.82) is 0 Å². The quantitative estimate of drug-likeness (QED) is 0.672. The lowest BCUT2D eigenvalue weighted by Gasteiger charge is -2.13. The van der Waals surface area contributed by atoms with Gasteiger partial charge in [-0.3, -0.25) is 0 Å². The molecular weight excluding hydrogens is 366 g/mol. The third kappa shape index (κ3) is 5.61. The maximum Gasteiger partial charge on any atom is 0.124 e. The normalized spacial score (nSPS) is 10.7. The average molecular weight is 385 g/mol. The van der Waals surface area contributed by atoms with Crippen molar-refractivity contribution in [3.05, 3.63) is 63.1 Å². The molecule has 0 spiro atoms. The molecule has 118 valence electrons. The molecule has 0 heterocycles. The Kier molecular flexibility index (Phi) is 7.19. The van der Waals surface area contributed by atoms with E-state index in [1.54, 1.807) is 0 Å². The van der Waals surface area contributed by atoms with E-state index >= 15 is 0 Å². The minimum Gasteiger partial charge on any atom is -0.489 e. The highest BCUT2D eigenvalue weighted by Gasteiger charge is 2.05. The summed E-state index contributed by atoms with van der Waals surface area (Å²) in [6.45, 7) is 2.15. The predicted octanol–water partition coefficient (Wildman–Crippen LogP) is 4.15. The molecule has 0 aromatic heterocycles. The van der Waals surface area contributed by atoms with E-state index in [-0.39, 0.29) is 6.61 Å². The van der Waals surface area contributed by atoms with Gasteiger partial charge < -0.3 is 15.2 Å².